The molecular formula is C18H15BrClN3O3. The molecule has 2 aromatic carbocycles. The molecule has 3 rings (SSSR count). The highest BCUT2D eigenvalue weighted by Crippen LogP contribution is 2.29. The molecular weight excluding hydrogens is 422 g/mol. The van der Waals surface area contributed by atoms with E-state index in [0.717, 1.165) is 0 Å². The van der Waals surface area contributed by atoms with E-state index in [9.17, 15) is 4.79 Å². The molecule has 0 saturated carbocycles. The van der Waals surface area contributed by atoms with Crippen molar-refractivity contribution in [3.8, 4) is 17.1 Å². The average Bonchev–Trinajstić information content (AvgIpc) is 3.04. The Morgan fingerprint density at radius 1 is 1.31 bits per heavy atom. The van der Waals surface area contributed by atoms with E-state index in [0.29, 0.717) is 38.2 Å². The van der Waals surface area contributed by atoms with Crippen molar-refractivity contribution in [2.45, 2.75) is 20.0 Å². The molecule has 134 valence electrons. The van der Waals surface area contributed by atoms with Crippen LogP contribution in [0.4, 0.5) is 5.69 Å². The number of rotatable bonds is 5. The Labute approximate surface area is 163 Å². The highest BCUT2D eigenvalue weighted by atomic mass is 79.9. The topological polar surface area (TPSA) is 77.2 Å². The van der Waals surface area contributed by atoms with E-state index in [-0.39, 0.29) is 5.91 Å². The Balaban J connectivity index is 1.75. The lowest BCUT2D eigenvalue weighted by molar-refractivity contribution is -0.122. The van der Waals surface area contributed by atoms with Gasteiger partial charge in [0.1, 0.15) is 5.75 Å². The zero-order valence-electron chi connectivity index (χ0n) is 14.0. The molecule has 3 aromatic rings. The van der Waals surface area contributed by atoms with E-state index in [1.54, 1.807) is 44.2 Å². The Hall–Kier alpha value is -2.38. The lowest BCUT2D eigenvalue weighted by atomic mass is 10.1. The number of aryl methyl sites for hydroxylation is 1. The van der Waals surface area contributed by atoms with Crippen LogP contribution in [-0.4, -0.2) is 22.2 Å². The van der Waals surface area contributed by atoms with Crippen LogP contribution in [-0.2, 0) is 4.79 Å². The minimum atomic E-state index is -0.729. The molecule has 0 radical (unpaired) electrons. The van der Waals surface area contributed by atoms with Gasteiger partial charge in [-0.2, -0.15) is 4.98 Å². The van der Waals surface area contributed by atoms with E-state index >= 15 is 0 Å². The summed E-state index contributed by atoms with van der Waals surface area (Å²) in [7, 11) is 0. The molecule has 1 unspecified atom stereocenters. The maximum atomic E-state index is 12.5. The van der Waals surface area contributed by atoms with Crippen LogP contribution in [0.2, 0.25) is 5.02 Å². The van der Waals surface area contributed by atoms with Gasteiger partial charge in [0, 0.05) is 17.5 Å². The summed E-state index contributed by atoms with van der Waals surface area (Å²) in [6.07, 6.45) is -0.729. The maximum absolute atomic E-state index is 12.5. The van der Waals surface area contributed by atoms with E-state index in [1.165, 1.54) is 0 Å². The van der Waals surface area contributed by atoms with Crippen molar-refractivity contribution in [2.75, 3.05) is 5.32 Å². The van der Waals surface area contributed by atoms with Crippen LogP contribution in [0.25, 0.3) is 11.4 Å². The zero-order chi connectivity index (χ0) is 18.7. The fraction of sp³-hybridized carbons (Fsp3) is 0.167. The van der Waals surface area contributed by atoms with E-state index in [4.69, 9.17) is 20.9 Å². The standard InChI is InChI=1S/C18H15BrClN3O3/c1-10(25-16-8-7-12(20)9-14(16)19)18(24)22-15-6-4-3-5-13(15)17-21-11(2)26-23-17/h3-10H,1-2H3,(H,22,24). The Bertz CT molecular complexity index is 945. The van der Waals surface area contributed by atoms with Gasteiger partial charge in [-0.1, -0.05) is 28.9 Å². The molecule has 8 heteroatoms. The molecule has 0 bridgehead atoms. The molecule has 1 amide bonds. The van der Waals surface area contributed by atoms with Crippen molar-refractivity contribution in [1.82, 2.24) is 10.1 Å². The van der Waals surface area contributed by atoms with Crippen molar-refractivity contribution < 1.29 is 14.1 Å². The number of amides is 1. The molecule has 6 nitrogen and oxygen atoms in total. The molecule has 1 heterocycles. The Morgan fingerprint density at radius 2 is 2.08 bits per heavy atom. The highest BCUT2D eigenvalue weighted by Gasteiger charge is 2.19. The molecule has 26 heavy (non-hydrogen) atoms. The molecule has 0 aliphatic heterocycles. The molecule has 1 atom stereocenters. The minimum absolute atomic E-state index is 0.306. The van der Waals surface area contributed by atoms with Gasteiger partial charge in [-0.05, 0) is 53.2 Å². The summed E-state index contributed by atoms with van der Waals surface area (Å²) in [6, 6.07) is 12.3. The first kappa shape index (κ1) is 18.4. The van der Waals surface area contributed by atoms with Crippen molar-refractivity contribution >= 4 is 39.1 Å². The van der Waals surface area contributed by atoms with Gasteiger partial charge < -0.3 is 14.6 Å². The van der Waals surface area contributed by atoms with Crippen molar-refractivity contribution in [3.05, 3.63) is 57.9 Å². The predicted octanol–water partition coefficient (Wildman–Crippen LogP) is 4.87. The van der Waals surface area contributed by atoms with Gasteiger partial charge in [0.2, 0.25) is 11.7 Å². The first-order valence-electron chi connectivity index (χ1n) is 7.76. The third-order valence-electron chi connectivity index (χ3n) is 3.52. The third kappa shape index (κ3) is 4.23. The van der Waals surface area contributed by atoms with Gasteiger partial charge in [-0.3, -0.25) is 4.79 Å². The molecule has 0 spiro atoms. The minimum Gasteiger partial charge on any atom is -0.480 e. The molecule has 0 saturated heterocycles. The molecule has 0 fully saturated rings. The normalized spacial score (nSPS) is 11.8. The van der Waals surface area contributed by atoms with Crippen LogP contribution < -0.4 is 10.1 Å². The van der Waals surface area contributed by atoms with E-state index in [1.807, 2.05) is 12.1 Å². The summed E-state index contributed by atoms with van der Waals surface area (Å²) in [5.74, 6) is 1.08. The van der Waals surface area contributed by atoms with Gasteiger partial charge in [-0.15, -0.1) is 0 Å². The number of nitrogens with one attached hydrogen (secondary N) is 1. The van der Waals surface area contributed by atoms with Crippen molar-refractivity contribution in [1.29, 1.82) is 0 Å². The second kappa shape index (κ2) is 7.88. The number of para-hydroxylation sites is 1. The van der Waals surface area contributed by atoms with Gasteiger partial charge >= 0.3 is 0 Å². The SMILES string of the molecule is Cc1nc(-c2ccccc2NC(=O)C(C)Oc2ccc(Cl)cc2Br)no1. The second-order valence-electron chi connectivity index (χ2n) is 5.51. The number of ether oxygens (including phenoxy) is 1. The fourth-order valence-electron chi connectivity index (χ4n) is 2.24. The predicted molar refractivity (Wildman–Crippen MR) is 102 cm³/mol. The maximum Gasteiger partial charge on any atom is 0.265 e. The third-order valence-corrected chi connectivity index (χ3v) is 4.38. The number of anilines is 1. The number of benzene rings is 2. The Kier molecular flexibility index (Phi) is 5.58. The lowest BCUT2D eigenvalue weighted by Gasteiger charge is -2.16. The monoisotopic (exact) mass is 435 g/mol. The summed E-state index contributed by atoms with van der Waals surface area (Å²) in [5, 5.41) is 7.32. The summed E-state index contributed by atoms with van der Waals surface area (Å²) in [6.45, 7) is 3.37. The summed E-state index contributed by atoms with van der Waals surface area (Å²) >= 11 is 9.28. The van der Waals surface area contributed by atoms with E-state index in [2.05, 4.69) is 31.4 Å². The first-order valence-corrected chi connectivity index (χ1v) is 8.93. The fourth-order valence-corrected chi connectivity index (χ4v) is 3.02. The lowest BCUT2D eigenvalue weighted by Crippen LogP contribution is -2.30. The van der Waals surface area contributed by atoms with Crippen molar-refractivity contribution in [2.24, 2.45) is 0 Å². The van der Waals surface area contributed by atoms with Gasteiger partial charge in [0.25, 0.3) is 5.91 Å². The number of carbonyl (C=O) groups is 1. The van der Waals surface area contributed by atoms with Crippen LogP contribution in [0.1, 0.15) is 12.8 Å². The average molecular weight is 437 g/mol. The second-order valence-corrected chi connectivity index (χ2v) is 6.80. The van der Waals surface area contributed by atoms with Crippen LogP contribution in [0.5, 0.6) is 5.75 Å². The largest absolute Gasteiger partial charge is 0.480 e. The van der Waals surface area contributed by atoms with Crippen molar-refractivity contribution in [3.63, 3.8) is 0 Å². The van der Waals surface area contributed by atoms with Gasteiger partial charge in [-0.25, -0.2) is 0 Å². The van der Waals surface area contributed by atoms with Crippen LogP contribution in [0.3, 0.4) is 0 Å². The number of hydrogen-bond acceptors (Lipinski definition) is 5. The number of aromatic nitrogens is 2. The number of hydrogen-bond donors (Lipinski definition) is 1. The van der Waals surface area contributed by atoms with E-state index < -0.39 is 6.10 Å². The summed E-state index contributed by atoms with van der Waals surface area (Å²) < 4.78 is 11.4. The quantitative estimate of drug-likeness (QED) is 0.617. The molecule has 1 aromatic heterocycles. The Morgan fingerprint density at radius 3 is 2.77 bits per heavy atom. The summed E-state index contributed by atoms with van der Waals surface area (Å²) in [4.78, 5) is 16.7. The van der Waals surface area contributed by atoms with Crippen LogP contribution >= 0.6 is 27.5 Å². The first-order chi connectivity index (χ1) is 12.4. The van der Waals surface area contributed by atoms with Gasteiger partial charge in [0.05, 0.1) is 10.2 Å². The summed E-state index contributed by atoms with van der Waals surface area (Å²) in [5.41, 5.74) is 1.24. The molecule has 0 aliphatic rings. The molecule has 1 N–H and O–H groups in total. The number of halogens is 2. The number of nitrogens with zero attached hydrogens (tertiary/aromatic N) is 2. The van der Waals surface area contributed by atoms with Gasteiger partial charge in [0.15, 0.2) is 6.10 Å². The van der Waals surface area contributed by atoms with Crippen LogP contribution in [0, 0.1) is 6.92 Å². The zero-order valence-corrected chi connectivity index (χ0v) is 16.3. The smallest absolute Gasteiger partial charge is 0.265 e. The number of carbonyl (C=O) groups excluding carboxylic acids is 1. The van der Waals surface area contributed by atoms with Crippen LogP contribution in [0.15, 0.2) is 51.5 Å². The highest BCUT2D eigenvalue weighted by molar-refractivity contribution is 9.10. The molecule has 0 aliphatic carbocycles.